The monoisotopic (exact) mass is 240 g/mol. The molecule has 1 aromatic rings. The van der Waals surface area contributed by atoms with Crippen LogP contribution in [0.25, 0.3) is 6.08 Å². The van der Waals surface area contributed by atoms with Gasteiger partial charge >= 0.3 is 0 Å². The number of hydrogen-bond acceptors (Lipinski definition) is 2. The molecule has 0 aliphatic rings. The van der Waals surface area contributed by atoms with Gasteiger partial charge in [0, 0.05) is 13.2 Å². The van der Waals surface area contributed by atoms with Crippen LogP contribution in [0.15, 0.2) is 35.4 Å². The predicted octanol–water partition coefficient (Wildman–Crippen LogP) is 3.67. The molecule has 88 valence electrons. The normalized spacial score (nSPS) is 12.1. The quantitative estimate of drug-likeness (QED) is 0.707. The van der Waals surface area contributed by atoms with Gasteiger partial charge < -0.3 is 9.47 Å². The molecule has 0 spiro atoms. The molecule has 3 heteroatoms. The molecule has 0 amide bonds. The number of ether oxygens (including phenoxy) is 2. The molecule has 0 N–H and O–H groups in total. The highest BCUT2D eigenvalue weighted by Gasteiger charge is 2.11. The minimum Gasteiger partial charge on any atom is -0.348 e. The van der Waals surface area contributed by atoms with Gasteiger partial charge in [-0.05, 0) is 25.5 Å². The average molecular weight is 241 g/mol. The molecule has 0 bridgehead atoms. The van der Waals surface area contributed by atoms with Crippen molar-refractivity contribution >= 4 is 17.7 Å². The van der Waals surface area contributed by atoms with Crippen LogP contribution in [0.2, 0.25) is 0 Å². The van der Waals surface area contributed by atoms with Crippen molar-refractivity contribution in [2.24, 2.45) is 0 Å². The first-order valence-electron chi connectivity index (χ1n) is 5.43. The van der Waals surface area contributed by atoms with E-state index in [-0.39, 0.29) is 0 Å². The molecule has 0 heterocycles. The summed E-state index contributed by atoms with van der Waals surface area (Å²) in [5.74, 6) is 0. The van der Waals surface area contributed by atoms with Crippen LogP contribution in [-0.2, 0) is 9.47 Å². The Labute approximate surface area is 102 Å². The minimum atomic E-state index is -0.461. The van der Waals surface area contributed by atoms with Crippen LogP contribution >= 0.6 is 11.6 Å². The zero-order valence-corrected chi connectivity index (χ0v) is 10.4. The Morgan fingerprint density at radius 3 is 2.25 bits per heavy atom. The number of benzene rings is 1. The summed E-state index contributed by atoms with van der Waals surface area (Å²) in [6, 6.07) is 9.86. The highest BCUT2D eigenvalue weighted by atomic mass is 35.5. The van der Waals surface area contributed by atoms with E-state index in [1.165, 1.54) is 0 Å². The van der Waals surface area contributed by atoms with E-state index in [0.717, 1.165) is 5.56 Å². The van der Waals surface area contributed by atoms with Crippen molar-refractivity contribution in [2.75, 3.05) is 13.2 Å². The summed E-state index contributed by atoms with van der Waals surface area (Å²) in [7, 11) is 0. The lowest BCUT2D eigenvalue weighted by molar-refractivity contribution is -0.106. The first-order chi connectivity index (χ1) is 7.77. The maximum Gasteiger partial charge on any atom is 0.194 e. The van der Waals surface area contributed by atoms with E-state index in [1.54, 1.807) is 0 Å². The van der Waals surface area contributed by atoms with Crippen LogP contribution in [-0.4, -0.2) is 19.5 Å². The van der Waals surface area contributed by atoms with Crippen molar-refractivity contribution in [3.8, 4) is 0 Å². The van der Waals surface area contributed by atoms with Crippen molar-refractivity contribution in [1.82, 2.24) is 0 Å². The molecule has 2 nitrogen and oxygen atoms in total. The topological polar surface area (TPSA) is 18.5 Å². The molecule has 0 aromatic heterocycles. The summed E-state index contributed by atoms with van der Waals surface area (Å²) in [5, 5.41) is 0.565. The van der Waals surface area contributed by atoms with Crippen molar-refractivity contribution in [1.29, 1.82) is 0 Å². The molecule has 0 radical (unpaired) electrons. The first kappa shape index (κ1) is 13.2. The minimum absolute atomic E-state index is 0.461. The Morgan fingerprint density at radius 1 is 1.19 bits per heavy atom. The maximum atomic E-state index is 6.15. The van der Waals surface area contributed by atoms with Crippen molar-refractivity contribution in [2.45, 2.75) is 20.1 Å². The lowest BCUT2D eigenvalue weighted by atomic mass is 10.2. The zero-order valence-electron chi connectivity index (χ0n) is 9.65. The fraction of sp³-hybridized carbons (Fsp3) is 0.385. The van der Waals surface area contributed by atoms with E-state index in [2.05, 4.69) is 0 Å². The smallest absolute Gasteiger partial charge is 0.194 e. The summed E-state index contributed by atoms with van der Waals surface area (Å²) in [6.45, 7) is 4.98. The van der Waals surface area contributed by atoms with Gasteiger partial charge in [-0.2, -0.15) is 0 Å². The van der Waals surface area contributed by atoms with Gasteiger partial charge in [-0.1, -0.05) is 41.9 Å². The molecule has 0 saturated heterocycles. The van der Waals surface area contributed by atoms with Crippen LogP contribution in [0.5, 0.6) is 0 Å². The maximum absolute atomic E-state index is 6.15. The van der Waals surface area contributed by atoms with Gasteiger partial charge in [0.1, 0.15) is 0 Å². The lowest BCUT2D eigenvalue weighted by Crippen LogP contribution is -2.17. The largest absolute Gasteiger partial charge is 0.348 e. The Hall–Kier alpha value is -0.830. The Morgan fingerprint density at radius 2 is 1.75 bits per heavy atom. The van der Waals surface area contributed by atoms with Crippen LogP contribution in [0.3, 0.4) is 0 Å². The Kier molecular flexibility index (Phi) is 6.16. The van der Waals surface area contributed by atoms with Gasteiger partial charge in [0.25, 0.3) is 0 Å². The predicted molar refractivity (Wildman–Crippen MR) is 67.3 cm³/mol. The second-order valence-electron chi connectivity index (χ2n) is 3.18. The number of hydrogen-bond donors (Lipinski definition) is 0. The fourth-order valence-corrected chi connectivity index (χ4v) is 1.54. The van der Waals surface area contributed by atoms with Crippen LogP contribution in [0, 0.1) is 0 Å². The van der Waals surface area contributed by atoms with Gasteiger partial charge in [0.05, 0.1) is 5.03 Å². The molecule has 0 aliphatic heterocycles. The molecule has 0 fully saturated rings. The number of halogens is 1. The lowest BCUT2D eigenvalue weighted by Gasteiger charge is -2.15. The van der Waals surface area contributed by atoms with Crippen LogP contribution in [0.1, 0.15) is 19.4 Å². The molecule has 0 atom stereocenters. The van der Waals surface area contributed by atoms with E-state index < -0.39 is 6.29 Å². The van der Waals surface area contributed by atoms with E-state index in [0.29, 0.717) is 18.2 Å². The van der Waals surface area contributed by atoms with E-state index >= 15 is 0 Å². The molecule has 1 aromatic carbocycles. The summed E-state index contributed by atoms with van der Waals surface area (Å²) >= 11 is 6.15. The summed E-state index contributed by atoms with van der Waals surface area (Å²) in [4.78, 5) is 0. The van der Waals surface area contributed by atoms with Crippen molar-refractivity contribution in [3.05, 3.63) is 40.9 Å². The van der Waals surface area contributed by atoms with Gasteiger partial charge in [-0.15, -0.1) is 0 Å². The molecular formula is C13H17ClO2. The average Bonchev–Trinajstić information content (AvgIpc) is 2.30. The van der Waals surface area contributed by atoms with Gasteiger partial charge in [0.2, 0.25) is 0 Å². The summed E-state index contributed by atoms with van der Waals surface area (Å²) in [6.07, 6.45) is 1.40. The van der Waals surface area contributed by atoms with Crippen molar-refractivity contribution < 1.29 is 9.47 Å². The van der Waals surface area contributed by atoms with Crippen molar-refractivity contribution in [3.63, 3.8) is 0 Å². The van der Waals surface area contributed by atoms with Crippen LogP contribution < -0.4 is 0 Å². The molecule has 16 heavy (non-hydrogen) atoms. The van der Waals surface area contributed by atoms with E-state index in [4.69, 9.17) is 21.1 Å². The SMILES string of the molecule is CCOC(OCC)/C(Cl)=C/c1ccccc1. The second-order valence-corrected chi connectivity index (χ2v) is 3.62. The summed E-state index contributed by atoms with van der Waals surface area (Å²) in [5.41, 5.74) is 1.04. The standard InChI is InChI=1S/C13H17ClO2/c1-3-15-13(16-4-2)12(14)10-11-8-6-5-7-9-11/h5-10,13H,3-4H2,1-2H3/b12-10-. The summed E-state index contributed by atoms with van der Waals surface area (Å²) < 4.78 is 10.8. The van der Waals surface area contributed by atoms with Gasteiger partial charge in [-0.3, -0.25) is 0 Å². The van der Waals surface area contributed by atoms with E-state index in [1.807, 2.05) is 50.3 Å². The molecule has 0 saturated carbocycles. The van der Waals surface area contributed by atoms with Gasteiger partial charge in [0.15, 0.2) is 6.29 Å². The second kappa shape index (κ2) is 7.44. The molecular weight excluding hydrogens is 224 g/mol. The third-order valence-electron chi connectivity index (χ3n) is 1.97. The molecule has 0 unspecified atom stereocenters. The third kappa shape index (κ3) is 4.35. The third-order valence-corrected chi connectivity index (χ3v) is 2.25. The van der Waals surface area contributed by atoms with E-state index in [9.17, 15) is 0 Å². The molecule has 1 rings (SSSR count). The van der Waals surface area contributed by atoms with Crippen LogP contribution in [0.4, 0.5) is 0 Å². The Bertz CT molecular complexity index is 316. The molecule has 0 aliphatic carbocycles. The van der Waals surface area contributed by atoms with Gasteiger partial charge in [-0.25, -0.2) is 0 Å². The number of rotatable bonds is 6. The zero-order chi connectivity index (χ0) is 11.8. The fourth-order valence-electron chi connectivity index (χ4n) is 1.29. The highest BCUT2D eigenvalue weighted by Crippen LogP contribution is 2.17. The first-order valence-corrected chi connectivity index (χ1v) is 5.81. The Balaban J connectivity index is 2.73. The highest BCUT2D eigenvalue weighted by molar-refractivity contribution is 6.32.